The van der Waals surface area contributed by atoms with Crippen molar-refractivity contribution in [1.29, 1.82) is 0 Å². The molecule has 2 atom stereocenters. The zero-order valence-corrected chi connectivity index (χ0v) is 12.1. The summed E-state index contributed by atoms with van der Waals surface area (Å²) in [6.07, 6.45) is 1.96. The zero-order chi connectivity index (χ0) is 13.3. The molecule has 1 fully saturated rings. The summed E-state index contributed by atoms with van der Waals surface area (Å²) in [5.41, 5.74) is 1.26. The molecular weight excluding hydrogens is 246 g/mol. The van der Waals surface area contributed by atoms with Crippen LogP contribution in [0.3, 0.4) is 0 Å². The van der Waals surface area contributed by atoms with Gasteiger partial charge in [-0.25, -0.2) is 0 Å². The average molecular weight is 267 g/mol. The highest BCUT2D eigenvalue weighted by Gasteiger charge is 2.34. The van der Waals surface area contributed by atoms with Crippen LogP contribution < -0.4 is 0 Å². The van der Waals surface area contributed by atoms with Crippen LogP contribution in [0.1, 0.15) is 40.4 Å². The summed E-state index contributed by atoms with van der Waals surface area (Å²) in [7, 11) is 0. The molecule has 3 nitrogen and oxygen atoms in total. The number of aliphatic hydroxyl groups excluding tert-OH is 1. The Hall–Kier alpha value is -0.870. The molecule has 2 unspecified atom stereocenters. The third kappa shape index (κ3) is 2.31. The van der Waals surface area contributed by atoms with Crippen LogP contribution in [0.15, 0.2) is 6.07 Å². The zero-order valence-electron chi connectivity index (χ0n) is 11.3. The Kier molecular flexibility index (Phi) is 4.07. The molecule has 1 aliphatic rings. The van der Waals surface area contributed by atoms with Crippen molar-refractivity contribution < 1.29 is 9.90 Å². The molecule has 0 aliphatic carbocycles. The van der Waals surface area contributed by atoms with Crippen molar-refractivity contribution in [2.75, 3.05) is 13.2 Å². The van der Waals surface area contributed by atoms with E-state index in [2.05, 4.69) is 20.8 Å². The third-order valence-electron chi connectivity index (χ3n) is 3.94. The number of amides is 1. The van der Waals surface area contributed by atoms with Gasteiger partial charge in [0.25, 0.3) is 5.91 Å². The van der Waals surface area contributed by atoms with E-state index in [9.17, 15) is 9.90 Å². The number of carbonyl (C=O) groups is 1. The van der Waals surface area contributed by atoms with Crippen molar-refractivity contribution >= 4 is 17.2 Å². The Morgan fingerprint density at radius 1 is 1.61 bits per heavy atom. The molecule has 0 radical (unpaired) electrons. The fourth-order valence-corrected chi connectivity index (χ4v) is 3.73. The lowest BCUT2D eigenvalue weighted by atomic mass is 10.0. The summed E-state index contributed by atoms with van der Waals surface area (Å²) in [5.74, 6) is 0.483. The molecule has 0 aromatic carbocycles. The van der Waals surface area contributed by atoms with Crippen LogP contribution in [-0.2, 0) is 6.42 Å². The van der Waals surface area contributed by atoms with Crippen LogP contribution in [0, 0.1) is 12.8 Å². The lowest BCUT2D eigenvalue weighted by molar-refractivity contribution is 0.0653. The minimum atomic E-state index is -0.00928. The maximum absolute atomic E-state index is 12.5. The number of hydrogen-bond donors (Lipinski definition) is 1. The number of aliphatic hydroxyl groups is 1. The van der Waals surface area contributed by atoms with Crippen molar-refractivity contribution in [3.05, 3.63) is 21.4 Å². The highest BCUT2D eigenvalue weighted by atomic mass is 32.1. The van der Waals surface area contributed by atoms with Gasteiger partial charge in [-0.2, -0.15) is 0 Å². The predicted molar refractivity (Wildman–Crippen MR) is 74.1 cm³/mol. The summed E-state index contributed by atoms with van der Waals surface area (Å²) in [5, 5.41) is 9.42. The van der Waals surface area contributed by atoms with Crippen LogP contribution in [0.5, 0.6) is 0 Å². The van der Waals surface area contributed by atoms with Gasteiger partial charge < -0.3 is 10.0 Å². The van der Waals surface area contributed by atoms with E-state index in [4.69, 9.17) is 0 Å². The van der Waals surface area contributed by atoms with E-state index in [0.717, 1.165) is 24.3 Å². The minimum absolute atomic E-state index is 0.00928. The first-order chi connectivity index (χ1) is 8.58. The predicted octanol–water partition coefficient (Wildman–Crippen LogP) is 2.46. The molecule has 1 N–H and O–H groups in total. The second-order valence-electron chi connectivity index (χ2n) is 5.06. The Labute approximate surface area is 112 Å². The standard InChI is InChI=1S/C14H21NO2S/c1-4-11-7-13(18-10(11)3)14(17)15-6-5-9(2)12(15)8-16/h7,9,12,16H,4-6,8H2,1-3H3. The van der Waals surface area contributed by atoms with Crippen LogP contribution in [-0.4, -0.2) is 35.1 Å². The number of likely N-dealkylation sites (tertiary alicyclic amines) is 1. The second-order valence-corrected chi connectivity index (χ2v) is 6.32. The van der Waals surface area contributed by atoms with E-state index in [-0.39, 0.29) is 18.6 Å². The van der Waals surface area contributed by atoms with Gasteiger partial charge >= 0.3 is 0 Å². The molecule has 2 rings (SSSR count). The first-order valence-electron chi connectivity index (χ1n) is 6.59. The molecule has 0 saturated carbocycles. The van der Waals surface area contributed by atoms with Crippen molar-refractivity contribution in [3.8, 4) is 0 Å². The van der Waals surface area contributed by atoms with Crippen LogP contribution in [0.2, 0.25) is 0 Å². The molecule has 1 amide bonds. The van der Waals surface area contributed by atoms with Gasteiger partial charge in [-0.3, -0.25) is 4.79 Å². The van der Waals surface area contributed by atoms with Crippen LogP contribution in [0.4, 0.5) is 0 Å². The Balaban J connectivity index is 2.20. The first kappa shape index (κ1) is 13.6. The molecular formula is C14H21NO2S. The smallest absolute Gasteiger partial charge is 0.264 e. The molecule has 0 bridgehead atoms. The summed E-state index contributed by atoms with van der Waals surface area (Å²) in [4.78, 5) is 16.4. The Bertz CT molecular complexity index is 441. The van der Waals surface area contributed by atoms with Crippen molar-refractivity contribution in [3.63, 3.8) is 0 Å². The Morgan fingerprint density at radius 3 is 2.89 bits per heavy atom. The molecule has 2 heterocycles. The molecule has 1 aromatic heterocycles. The van der Waals surface area contributed by atoms with Gasteiger partial charge in [-0.15, -0.1) is 11.3 Å². The highest BCUT2D eigenvalue weighted by Crippen LogP contribution is 2.29. The van der Waals surface area contributed by atoms with Crippen LogP contribution >= 0.6 is 11.3 Å². The average Bonchev–Trinajstić information content (AvgIpc) is 2.91. The molecule has 0 spiro atoms. The SMILES string of the molecule is CCc1cc(C(=O)N2CCC(C)C2CO)sc1C. The largest absolute Gasteiger partial charge is 0.394 e. The van der Waals surface area contributed by atoms with Gasteiger partial charge in [-0.1, -0.05) is 13.8 Å². The first-order valence-corrected chi connectivity index (χ1v) is 7.41. The Morgan fingerprint density at radius 2 is 2.33 bits per heavy atom. The quantitative estimate of drug-likeness (QED) is 0.914. The normalized spacial score (nSPS) is 23.7. The summed E-state index contributed by atoms with van der Waals surface area (Å²) >= 11 is 1.57. The second kappa shape index (κ2) is 5.41. The maximum atomic E-state index is 12.5. The highest BCUT2D eigenvalue weighted by molar-refractivity contribution is 7.14. The summed E-state index contributed by atoms with van der Waals surface area (Å²) < 4.78 is 0. The van der Waals surface area contributed by atoms with E-state index in [1.807, 2.05) is 11.0 Å². The van der Waals surface area contributed by atoms with E-state index in [1.54, 1.807) is 11.3 Å². The minimum Gasteiger partial charge on any atom is -0.394 e. The van der Waals surface area contributed by atoms with Crippen molar-refractivity contribution in [1.82, 2.24) is 4.90 Å². The number of thiophene rings is 1. The van der Waals surface area contributed by atoms with E-state index in [1.165, 1.54) is 10.4 Å². The molecule has 100 valence electrons. The van der Waals surface area contributed by atoms with Gasteiger partial charge in [0, 0.05) is 11.4 Å². The van der Waals surface area contributed by atoms with E-state index < -0.39 is 0 Å². The van der Waals surface area contributed by atoms with Crippen LogP contribution in [0.25, 0.3) is 0 Å². The maximum Gasteiger partial charge on any atom is 0.264 e. The van der Waals surface area contributed by atoms with Gasteiger partial charge in [0.05, 0.1) is 17.5 Å². The molecule has 1 aliphatic heterocycles. The number of rotatable bonds is 3. The molecule has 1 saturated heterocycles. The van der Waals surface area contributed by atoms with Crippen molar-refractivity contribution in [2.24, 2.45) is 5.92 Å². The van der Waals surface area contributed by atoms with Gasteiger partial charge in [0.2, 0.25) is 0 Å². The van der Waals surface area contributed by atoms with Gasteiger partial charge in [0.15, 0.2) is 0 Å². The lowest BCUT2D eigenvalue weighted by Gasteiger charge is -2.24. The monoisotopic (exact) mass is 267 g/mol. The van der Waals surface area contributed by atoms with Gasteiger partial charge in [0.1, 0.15) is 0 Å². The molecule has 4 heteroatoms. The lowest BCUT2D eigenvalue weighted by Crippen LogP contribution is -2.39. The number of nitrogens with zero attached hydrogens (tertiary/aromatic N) is 1. The summed E-state index contributed by atoms with van der Waals surface area (Å²) in [6.45, 7) is 7.11. The van der Waals surface area contributed by atoms with Crippen molar-refractivity contribution in [2.45, 2.75) is 39.7 Å². The van der Waals surface area contributed by atoms with Gasteiger partial charge in [-0.05, 0) is 37.3 Å². The summed E-state index contributed by atoms with van der Waals surface area (Å²) in [6, 6.07) is 2.00. The molecule has 18 heavy (non-hydrogen) atoms. The fourth-order valence-electron chi connectivity index (χ4n) is 2.66. The topological polar surface area (TPSA) is 40.5 Å². The fraction of sp³-hybridized carbons (Fsp3) is 0.643. The third-order valence-corrected chi connectivity index (χ3v) is 5.02. The number of carbonyl (C=O) groups excluding carboxylic acids is 1. The van der Waals surface area contributed by atoms with E-state index in [0.29, 0.717) is 5.92 Å². The molecule has 1 aromatic rings. The number of hydrogen-bond acceptors (Lipinski definition) is 3. The number of aryl methyl sites for hydroxylation is 2. The van der Waals surface area contributed by atoms with E-state index >= 15 is 0 Å².